The van der Waals surface area contributed by atoms with Crippen LogP contribution in [0.5, 0.6) is 0 Å². The van der Waals surface area contributed by atoms with Gasteiger partial charge in [-0.05, 0) is 88.9 Å². The van der Waals surface area contributed by atoms with Crippen LogP contribution in [0.25, 0.3) is 0 Å². The second kappa shape index (κ2) is 9.13. The van der Waals surface area contributed by atoms with Crippen LogP contribution in [0.4, 0.5) is 0 Å². The van der Waals surface area contributed by atoms with Gasteiger partial charge >= 0.3 is 0 Å². The zero-order chi connectivity index (χ0) is 23.2. The molecular formula is C28H50O4. The molecule has 0 aromatic rings. The van der Waals surface area contributed by atoms with Crippen molar-refractivity contribution in [3.05, 3.63) is 0 Å². The van der Waals surface area contributed by atoms with E-state index in [2.05, 4.69) is 48.5 Å². The fraction of sp³-hybridized carbons (Fsp3) is 1.00. The van der Waals surface area contributed by atoms with Gasteiger partial charge in [0, 0.05) is 12.3 Å². The van der Waals surface area contributed by atoms with E-state index in [-0.39, 0.29) is 11.2 Å². The molecule has 0 aromatic heterocycles. The van der Waals surface area contributed by atoms with Crippen LogP contribution in [0.15, 0.2) is 0 Å². The van der Waals surface area contributed by atoms with Crippen LogP contribution in [0, 0.1) is 35.0 Å². The van der Waals surface area contributed by atoms with E-state index < -0.39 is 5.79 Å². The Labute approximate surface area is 197 Å². The standard InChI is InChI=1S/C28H50O4/c1-20-24-18-23(25(20,2)3)19-28(24,31-29-26(4,5)21-14-10-8-11-15-21)32-30-27(6,7)22-16-12-9-13-17-22/h20-24H,8-19H2,1-7H3. The van der Waals surface area contributed by atoms with Crippen LogP contribution >= 0.6 is 0 Å². The molecule has 186 valence electrons. The number of hydrogen-bond acceptors (Lipinski definition) is 4. The SMILES string of the molecule is CC1C2CC(CC2(OOC(C)(C)C2CCCCC2)OOC(C)(C)C2CCCCC2)C1(C)C. The molecule has 4 fully saturated rings. The summed E-state index contributed by atoms with van der Waals surface area (Å²) >= 11 is 0. The zero-order valence-electron chi connectivity index (χ0n) is 22.0. The molecule has 0 heterocycles. The first kappa shape index (κ1) is 24.9. The first-order valence-electron chi connectivity index (χ1n) is 13.7. The molecule has 4 heteroatoms. The number of hydrogen-bond donors (Lipinski definition) is 0. The van der Waals surface area contributed by atoms with Gasteiger partial charge in [0.05, 0.1) is 0 Å². The molecule has 4 aliphatic carbocycles. The molecular weight excluding hydrogens is 400 g/mol. The lowest BCUT2D eigenvalue weighted by Crippen LogP contribution is -2.52. The van der Waals surface area contributed by atoms with Crippen molar-refractivity contribution in [1.82, 2.24) is 0 Å². The van der Waals surface area contributed by atoms with Gasteiger partial charge in [0.2, 0.25) is 5.79 Å². The Hall–Kier alpha value is -0.160. The van der Waals surface area contributed by atoms with Gasteiger partial charge in [-0.3, -0.25) is 0 Å². The average molecular weight is 451 g/mol. The van der Waals surface area contributed by atoms with E-state index in [1.807, 2.05) is 0 Å². The van der Waals surface area contributed by atoms with Gasteiger partial charge in [0.1, 0.15) is 11.2 Å². The Morgan fingerprint density at radius 2 is 1.12 bits per heavy atom. The normalized spacial score (nSPS) is 33.7. The van der Waals surface area contributed by atoms with Crippen molar-refractivity contribution in [2.75, 3.05) is 0 Å². The summed E-state index contributed by atoms with van der Waals surface area (Å²) in [7, 11) is 0. The maximum atomic E-state index is 6.44. The molecule has 3 unspecified atom stereocenters. The summed E-state index contributed by atoms with van der Waals surface area (Å²) in [4.78, 5) is 25.5. The zero-order valence-corrected chi connectivity index (χ0v) is 22.0. The van der Waals surface area contributed by atoms with Crippen LogP contribution in [-0.4, -0.2) is 17.0 Å². The molecule has 0 aliphatic heterocycles. The summed E-state index contributed by atoms with van der Waals surface area (Å²) in [5.74, 6) is 1.67. The van der Waals surface area contributed by atoms with E-state index in [9.17, 15) is 0 Å². The summed E-state index contributed by atoms with van der Waals surface area (Å²) in [6.45, 7) is 16.0. The molecule has 4 saturated carbocycles. The molecule has 0 amide bonds. The first-order chi connectivity index (χ1) is 15.0. The highest BCUT2D eigenvalue weighted by Gasteiger charge is 2.66. The molecule has 4 rings (SSSR count). The van der Waals surface area contributed by atoms with Gasteiger partial charge < -0.3 is 0 Å². The Morgan fingerprint density at radius 3 is 1.50 bits per heavy atom. The third kappa shape index (κ3) is 4.68. The molecule has 32 heavy (non-hydrogen) atoms. The maximum absolute atomic E-state index is 6.44. The van der Waals surface area contributed by atoms with Gasteiger partial charge in [-0.2, -0.15) is 9.78 Å². The Morgan fingerprint density at radius 1 is 0.688 bits per heavy atom. The maximum Gasteiger partial charge on any atom is 0.237 e. The molecule has 2 bridgehead atoms. The molecule has 4 aliphatic rings. The minimum absolute atomic E-state index is 0.298. The van der Waals surface area contributed by atoms with E-state index in [1.165, 1.54) is 64.2 Å². The van der Waals surface area contributed by atoms with Gasteiger partial charge in [0.15, 0.2) is 0 Å². The lowest BCUT2D eigenvalue weighted by Gasteiger charge is -2.47. The Balaban J connectivity index is 1.48. The number of fused-ring (bicyclic) bond motifs is 2. The summed E-state index contributed by atoms with van der Waals surface area (Å²) in [6.07, 6.45) is 14.8. The molecule has 0 saturated heterocycles. The largest absolute Gasteiger partial charge is 0.237 e. The van der Waals surface area contributed by atoms with Crippen LogP contribution < -0.4 is 0 Å². The fourth-order valence-corrected chi connectivity index (χ4v) is 7.40. The van der Waals surface area contributed by atoms with Crippen molar-refractivity contribution < 1.29 is 19.6 Å². The van der Waals surface area contributed by atoms with Crippen LogP contribution in [-0.2, 0) is 19.6 Å². The molecule has 0 aromatic carbocycles. The smallest absolute Gasteiger partial charge is 0.227 e. The minimum Gasteiger partial charge on any atom is -0.227 e. The fourth-order valence-electron chi connectivity index (χ4n) is 7.40. The molecule has 0 spiro atoms. The van der Waals surface area contributed by atoms with Crippen molar-refractivity contribution in [1.29, 1.82) is 0 Å². The van der Waals surface area contributed by atoms with Gasteiger partial charge in [-0.1, -0.05) is 59.3 Å². The van der Waals surface area contributed by atoms with Crippen molar-refractivity contribution in [3.8, 4) is 0 Å². The molecule has 3 atom stereocenters. The van der Waals surface area contributed by atoms with E-state index in [0.29, 0.717) is 35.0 Å². The monoisotopic (exact) mass is 450 g/mol. The van der Waals surface area contributed by atoms with Crippen LogP contribution in [0.1, 0.15) is 126 Å². The van der Waals surface area contributed by atoms with E-state index in [0.717, 1.165) is 12.8 Å². The summed E-state index contributed by atoms with van der Waals surface area (Å²) in [6, 6.07) is 0. The lowest BCUT2D eigenvalue weighted by atomic mass is 9.67. The van der Waals surface area contributed by atoms with Crippen LogP contribution in [0.3, 0.4) is 0 Å². The topological polar surface area (TPSA) is 36.9 Å². The summed E-state index contributed by atoms with van der Waals surface area (Å²) < 4.78 is 0. The predicted molar refractivity (Wildman–Crippen MR) is 128 cm³/mol. The Kier molecular flexibility index (Phi) is 7.12. The van der Waals surface area contributed by atoms with E-state index in [1.54, 1.807) is 0 Å². The quantitative estimate of drug-likeness (QED) is 0.213. The highest BCUT2D eigenvalue weighted by Crippen LogP contribution is 2.64. The van der Waals surface area contributed by atoms with Crippen molar-refractivity contribution in [3.63, 3.8) is 0 Å². The van der Waals surface area contributed by atoms with Crippen molar-refractivity contribution in [2.24, 2.45) is 35.0 Å². The molecule has 0 N–H and O–H groups in total. The third-order valence-electron chi connectivity index (χ3n) is 10.4. The van der Waals surface area contributed by atoms with E-state index >= 15 is 0 Å². The molecule has 0 radical (unpaired) electrons. The first-order valence-corrected chi connectivity index (χ1v) is 13.7. The minimum atomic E-state index is -0.794. The Bertz CT molecular complexity index is 589. The van der Waals surface area contributed by atoms with Gasteiger partial charge in [-0.25, -0.2) is 9.78 Å². The average Bonchev–Trinajstić information content (AvgIpc) is 3.27. The predicted octanol–water partition coefficient (Wildman–Crippen LogP) is 8.00. The van der Waals surface area contributed by atoms with Gasteiger partial charge in [-0.15, -0.1) is 0 Å². The molecule has 4 nitrogen and oxygen atoms in total. The highest BCUT2D eigenvalue weighted by molar-refractivity contribution is 5.08. The van der Waals surface area contributed by atoms with Gasteiger partial charge in [0.25, 0.3) is 0 Å². The number of rotatable bonds is 8. The van der Waals surface area contributed by atoms with Crippen LogP contribution in [0.2, 0.25) is 0 Å². The lowest BCUT2D eigenvalue weighted by molar-refractivity contribution is -0.561. The van der Waals surface area contributed by atoms with E-state index in [4.69, 9.17) is 19.6 Å². The third-order valence-corrected chi connectivity index (χ3v) is 10.4. The second-order valence-electron chi connectivity index (χ2n) is 13.4. The van der Waals surface area contributed by atoms with Crippen molar-refractivity contribution in [2.45, 2.75) is 143 Å². The highest BCUT2D eigenvalue weighted by atomic mass is 17.3. The second-order valence-corrected chi connectivity index (χ2v) is 13.4. The van der Waals surface area contributed by atoms with Crippen molar-refractivity contribution >= 4 is 0 Å². The summed E-state index contributed by atoms with van der Waals surface area (Å²) in [5, 5.41) is 0. The summed E-state index contributed by atoms with van der Waals surface area (Å²) in [5.41, 5.74) is -0.314.